The summed E-state index contributed by atoms with van der Waals surface area (Å²) in [5.74, 6) is -1.54. The fourth-order valence-corrected chi connectivity index (χ4v) is 8.97. The standard InChI is InChI=1S/C56H58N8O10/c1-8-19-74-52(68)22-34(3)54(69)58-35(4)46(65)25-37-13-16-44-39(23-37)17-18-63(44)56(71)45-26-40(31-61(45)5)38-14-11-36(12-15-38)24-47(66)53-60-50(32-62(53)6)59-51(67)10-9-20-73-49-28-43-42(27-48(49)72-7)55(70)64-30-33(2)21-41(64)29-57-43/h8,11-18,23,26-29,31-32,34-35,41H,1-2,9-10,19-22,24-25,30H2,3-7H3,(H,58,69)(H,59,67)/t34-,35+,41+/m1/s1. The molecule has 3 aromatic carbocycles. The third kappa shape index (κ3) is 11.6. The van der Waals surface area contributed by atoms with Crippen LogP contribution in [0.3, 0.4) is 0 Å². The summed E-state index contributed by atoms with van der Waals surface area (Å²) in [6.45, 7) is 11.4. The molecule has 18 heteroatoms. The lowest BCUT2D eigenvalue weighted by Crippen LogP contribution is -2.42. The number of benzene rings is 3. The van der Waals surface area contributed by atoms with Gasteiger partial charge < -0.3 is 38.9 Å². The Balaban J connectivity index is 0.812. The van der Waals surface area contributed by atoms with E-state index in [1.807, 2.05) is 48.7 Å². The second kappa shape index (κ2) is 22.4. The number of ketones is 2. The number of aryl methyl sites for hydroxylation is 2. The number of nitrogens with zero attached hydrogens (tertiary/aromatic N) is 6. The molecule has 2 N–H and O–H groups in total. The fraction of sp³-hybridized carbons (Fsp3) is 0.304. The molecule has 2 aliphatic heterocycles. The van der Waals surface area contributed by atoms with Crippen molar-refractivity contribution in [1.82, 2.24) is 28.9 Å². The van der Waals surface area contributed by atoms with Crippen LogP contribution in [0.25, 0.3) is 22.0 Å². The zero-order chi connectivity index (χ0) is 52.8. The molecule has 3 amide bonds. The second-order valence-corrected chi connectivity index (χ2v) is 18.7. The maximum absolute atomic E-state index is 13.9. The number of carbonyl (C=O) groups is 7. The van der Waals surface area contributed by atoms with Gasteiger partial charge in [0, 0.05) is 87.6 Å². The number of methoxy groups -OCH3 is 1. The van der Waals surface area contributed by atoms with Crippen LogP contribution in [0.4, 0.5) is 11.5 Å². The maximum atomic E-state index is 13.9. The van der Waals surface area contributed by atoms with E-state index in [1.165, 1.54) is 13.2 Å². The average molecular weight is 1000 g/mol. The summed E-state index contributed by atoms with van der Waals surface area (Å²) < 4.78 is 21.4. The van der Waals surface area contributed by atoms with E-state index in [9.17, 15) is 33.6 Å². The summed E-state index contributed by atoms with van der Waals surface area (Å²) in [7, 11) is 4.98. The van der Waals surface area contributed by atoms with Crippen LogP contribution in [0.5, 0.6) is 11.5 Å². The first-order valence-corrected chi connectivity index (χ1v) is 24.2. The van der Waals surface area contributed by atoms with Gasteiger partial charge in [-0.25, -0.2) is 4.98 Å². The second-order valence-electron chi connectivity index (χ2n) is 18.7. The van der Waals surface area contributed by atoms with Crippen molar-refractivity contribution in [3.8, 4) is 22.6 Å². The molecule has 382 valence electrons. The molecule has 0 spiro atoms. The SMILES string of the molecule is C=CCOC(=O)C[C@@H](C)C(=O)N[C@@H](C)C(=O)Cc1ccc2c(ccn2C(=O)c2cc(-c3ccc(CC(=O)c4nc(NC(=O)CCCOc5cc6c(cc5OC)C(=O)N5CC(=C)C[C@H]5C=N6)cn4C)cc3)cn2C)c1. The summed E-state index contributed by atoms with van der Waals surface area (Å²) in [5, 5.41) is 6.23. The Morgan fingerprint density at radius 1 is 0.905 bits per heavy atom. The quantitative estimate of drug-likeness (QED) is 0.0319. The van der Waals surface area contributed by atoms with Crippen LogP contribution in [0.2, 0.25) is 0 Å². The van der Waals surface area contributed by atoms with Crippen molar-refractivity contribution >= 4 is 69.8 Å². The van der Waals surface area contributed by atoms with Gasteiger partial charge >= 0.3 is 5.97 Å². The van der Waals surface area contributed by atoms with E-state index in [0.29, 0.717) is 53.3 Å². The minimum Gasteiger partial charge on any atom is -0.493 e. The van der Waals surface area contributed by atoms with Crippen molar-refractivity contribution in [2.75, 3.05) is 32.2 Å². The Labute approximate surface area is 427 Å². The van der Waals surface area contributed by atoms with Gasteiger partial charge in [-0.15, -0.1) is 0 Å². The first kappa shape index (κ1) is 51.7. The van der Waals surface area contributed by atoms with Gasteiger partial charge in [0.25, 0.3) is 11.8 Å². The summed E-state index contributed by atoms with van der Waals surface area (Å²) in [6.07, 6.45) is 9.51. The molecule has 6 aromatic rings. The van der Waals surface area contributed by atoms with E-state index in [4.69, 9.17) is 14.2 Å². The number of esters is 1. The number of Topliss-reactive ketones (excluding diaryl/α,β-unsaturated/α-hetero) is 2. The summed E-state index contributed by atoms with van der Waals surface area (Å²) in [6, 6.07) is 18.9. The molecular formula is C56H58N8O10. The van der Waals surface area contributed by atoms with Gasteiger partial charge in [-0.1, -0.05) is 62.1 Å². The van der Waals surface area contributed by atoms with E-state index >= 15 is 0 Å². The largest absolute Gasteiger partial charge is 0.493 e. The average Bonchev–Trinajstić information content (AvgIpc) is 4.16. The van der Waals surface area contributed by atoms with E-state index in [2.05, 4.69) is 33.8 Å². The molecule has 3 aromatic heterocycles. The number of aromatic nitrogens is 4. The third-order valence-electron chi connectivity index (χ3n) is 13.0. The highest BCUT2D eigenvalue weighted by atomic mass is 16.5. The fourth-order valence-electron chi connectivity index (χ4n) is 8.97. The maximum Gasteiger partial charge on any atom is 0.306 e. The molecule has 3 atom stereocenters. The lowest BCUT2D eigenvalue weighted by atomic mass is 10.0. The summed E-state index contributed by atoms with van der Waals surface area (Å²) >= 11 is 0. The molecule has 0 aliphatic carbocycles. The smallest absolute Gasteiger partial charge is 0.306 e. The first-order valence-electron chi connectivity index (χ1n) is 24.2. The topological polar surface area (TPSA) is 215 Å². The zero-order valence-corrected chi connectivity index (χ0v) is 42.0. The monoisotopic (exact) mass is 1000 g/mol. The molecule has 0 unspecified atom stereocenters. The number of amides is 3. The highest BCUT2D eigenvalue weighted by molar-refractivity contribution is 6.04. The molecular weight excluding hydrogens is 945 g/mol. The van der Waals surface area contributed by atoms with Crippen LogP contribution in [-0.2, 0) is 50.9 Å². The zero-order valence-electron chi connectivity index (χ0n) is 42.0. The van der Waals surface area contributed by atoms with Gasteiger partial charge in [-0.3, -0.25) is 43.1 Å². The third-order valence-corrected chi connectivity index (χ3v) is 13.0. The Kier molecular flexibility index (Phi) is 15.6. The van der Waals surface area contributed by atoms with Crippen LogP contribution >= 0.6 is 0 Å². The molecule has 18 nitrogen and oxygen atoms in total. The molecule has 1 saturated heterocycles. The van der Waals surface area contributed by atoms with E-state index in [-0.39, 0.29) is 85.9 Å². The number of rotatable bonds is 21. The molecule has 74 heavy (non-hydrogen) atoms. The van der Waals surface area contributed by atoms with Gasteiger partial charge in [-0.2, -0.15) is 0 Å². The number of hydrogen-bond acceptors (Lipinski definition) is 12. The molecule has 5 heterocycles. The number of anilines is 1. The van der Waals surface area contributed by atoms with Crippen molar-refractivity contribution < 1.29 is 47.8 Å². The molecule has 0 radical (unpaired) electrons. The number of nitrogens with one attached hydrogen (secondary N) is 2. The van der Waals surface area contributed by atoms with Gasteiger partial charge in [0.15, 0.2) is 28.9 Å². The van der Waals surface area contributed by atoms with Gasteiger partial charge in [-0.05, 0) is 66.8 Å². The lowest BCUT2D eigenvalue weighted by Gasteiger charge is -2.20. The Morgan fingerprint density at radius 2 is 1.68 bits per heavy atom. The number of aliphatic imine (C=N–C) groups is 1. The number of carbonyl (C=O) groups excluding carboxylic acids is 7. The van der Waals surface area contributed by atoms with Crippen LogP contribution in [0.1, 0.15) is 82.1 Å². The Bertz CT molecular complexity index is 3250. The molecule has 2 aliphatic rings. The molecule has 1 fully saturated rings. The number of imidazole rings is 1. The predicted molar refractivity (Wildman–Crippen MR) is 278 cm³/mol. The van der Waals surface area contributed by atoms with Crippen LogP contribution in [0, 0.1) is 5.92 Å². The summed E-state index contributed by atoms with van der Waals surface area (Å²) in [5.41, 5.74) is 6.11. The van der Waals surface area contributed by atoms with Crippen molar-refractivity contribution in [1.29, 1.82) is 0 Å². The van der Waals surface area contributed by atoms with Crippen molar-refractivity contribution in [2.24, 2.45) is 25.0 Å². The molecule has 8 rings (SSSR count). The van der Waals surface area contributed by atoms with Crippen LogP contribution < -0.4 is 20.1 Å². The molecule has 0 bridgehead atoms. The Hall–Kier alpha value is -8.67. The van der Waals surface area contributed by atoms with Gasteiger partial charge in [0.1, 0.15) is 12.3 Å². The van der Waals surface area contributed by atoms with E-state index < -0.39 is 23.8 Å². The summed E-state index contributed by atoms with van der Waals surface area (Å²) in [4.78, 5) is 102. The first-order chi connectivity index (χ1) is 35.5. The van der Waals surface area contributed by atoms with Crippen molar-refractivity contribution in [3.05, 3.63) is 138 Å². The number of hydrogen-bond donors (Lipinski definition) is 2. The highest BCUT2D eigenvalue weighted by Crippen LogP contribution is 2.38. The van der Waals surface area contributed by atoms with E-state index in [1.54, 1.807) is 89.4 Å². The predicted octanol–water partition coefficient (Wildman–Crippen LogP) is 7.16. The van der Waals surface area contributed by atoms with Gasteiger partial charge in [0.05, 0.1) is 49.0 Å². The normalized spacial score (nSPS) is 14.7. The number of fused-ring (bicyclic) bond motifs is 3. The van der Waals surface area contributed by atoms with Gasteiger partial charge in [0.2, 0.25) is 17.6 Å². The minimum atomic E-state index is -0.785. The van der Waals surface area contributed by atoms with Crippen LogP contribution in [-0.4, -0.2) is 110 Å². The van der Waals surface area contributed by atoms with E-state index in [0.717, 1.165) is 33.2 Å². The number of ether oxygens (including phenoxy) is 3. The minimum absolute atomic E-state index is 0.0548. The van der Waals surface area contributed by atoms with Crippen LogP contribution in [0.15, 0.2) is 115 Å². The van der Waals surface area contributed by atoms with Crippen molar-refractivity contribution in [3.63, 3.8) is 0 Å². The lowest BCUT2D eigenvalue weighted by molar-refractivity contribution is -0.145. The van der Waals surface area contributed by atoms with Crippen molar-refractivity contribution in [2.45, 2.75) is 64.5 Å². The Morgan fingerprint density at radius 3 is 2.43 bits per heavy atom. The molecule has 0 saturated carbocycles. The highest BCUT2D eigenvalue weighted by Gasteiger charge is 2.34.